The third-order valence-electron chi connectivity index (χ3n) is 2.50. The molecular formula is C13H19NO3. The van der Waals surface area contributed by atoms with E-state index in [0.717, 1.165) is 5.56 Å². The van der Waals surface area contributed by atoms with Gasteiger partial charge in [0.25, 0.3) is 0 Å². The molecule has 0 aromatic heterocycles. The summed E-state index contributed by atoms with van der Waals surface area (Å²) in [5.41, 5.74) is 1.86. The van der Waals surface area contributed by atoms with Crippen LogP contribution in [-0.4, -0.2) is 24.7 Å². The topological polar surface area (TPSA) is 58.6 Å². The molecule has 0 fully saturated rings. The van der Waals surface area contributed by atoms with E-state index < -0.39 is 5.97 Å². The first-order valence-corrected chi connectivity index (χ1v) is 5.49. The summed E-state index contributed by atoms with van der Waals surface area (Å²) in [6, 6.07) is 5.78. The molecular weight excluding hydrogens is 218 g/mol. The van der Waals surface area contributed by atoms with Crippen molar-refractivity contribution in [2.24, 2.45) is 0 Å². The Balaban J connectivity index is 3.02. The monoisotopic (exact) mass is 237 g/mol. The average molecular weight is 237 g/mol. The van der Waals surface area contributed by atoms with Crippen LogP contribution in [0.25, 0.3) is 0 Å². The number of nitrogens with one attached hydrogen (secondary N) is 1. The van der Waals surface area contributed by atoms with Gasteiger partial charge in [-0.25, -0.2) is 0 Å². The van der Waals surface area contributed by atoms with Crippen LogP contribution < -0.4 is 10.1 Å². The molecule has 0 aliphatic carbocycles. The van der Waals surface area contributed by atoms with E-state index in [1.54, 1.807) is 7.11 Å². The summed E-state index contributed by atoms with van der Waals surface area (Å²) in [7, 11) is 1.57. The highest BCUT2D eigenvalue weighted by Crippen LogP contribution is 2.31. The van der Waals surface area contributed by atoms with E-state index in [4.69, 9.17) is 9.84 Å². The van der Waals surface area contributed by atoms with Crippen LogP contribution in [0.3, 0.4) is 0 Å². The first-order chi connectivity index (χ1) is 7.84. The van der Waals surface area contributed by atoms with Crippen LogP contribution >= 0.6 is 0 Å². The Bertz CT molecular complexity index is 408. The molecule has 0 bridgehead atoms. The van der Waals surface area contributed by atoms with Gasteiger partial charge < -0.3 is 15.2 Å². The molecule has 0 heterocycles. The average Bonchev–Trinajstić information content (AvgIpc) is 2.24. The van der Waals surface area contributed by atoms with Crippen molar-refractivity contribution in [3.8, 4) is 5.75 Å². The van der Waals surface area contributed by atoms with E-state index >= 15 is 0 Å². The van der Waals surface area contributed by atoms with Crippen LogP contribution in [-0.2, 0) is 10.2 Å². The van der Waals surface area contributed by atoms with Crippen LogP contribution in [0.15, 0.2) is 18.2 Å². The van der Waals surface area contributed by atoms with Crippen LogP contribution in [0, 0.1) is 0 Å². The number of carbonyl (C=O) groups is 1. The van der Waals surface area contributed by atoms with Gasteiger partial charge in [-0.15, -0.1) is 0 Å². The van der Waals surface area contributed by atoms with Gasteiger partial charge in [-0.1, -0.05) is 26.8 Å². The second kappa shape index (κ2) is 5.08. The lowest BCUT2D eigenvalue weighted by Gasteiger charge is -2.21. The summed E-state index contributed by atoms with van der Waals surface area (Å²) < 4.78 is 5.19. The number of benzene rings is 1. The quantitative estimate of drug-likeness (QED) is 0.844. The Labute approximate surface area is 102 Å². The van der Waals surface area contributed by atoms with Gasteiger partial charge in [0.15, 0.2) is 0 Å². The van der Waals surface area contributed by atoms with Gasteiger partial charge in [-0.05, 0) is 23.1 Å². The third kappa shape index (κ3) is 3.66. The normalized spacial score (nSPS) is 11.1. The highest BCUT2D eigenvalue weighted by Gasteiger charge is 2.16. The molecule has 4 nitrogen and oxygen atoms in total. The molecule has 1 aromatic carbocycles. The van der Waals surface area contributed by atoms with Crippen molar-refractivity contribution in [1.29, 1.82) is 0 Å². The largest absolute Gasteiger partial charge is 0.495 e. The number of anilines is 1. The molecule has 0 saturated heterocycles. The van der Waals surface area contributed by atoms with Gasteiger partial charge in [0.2, 0.25) is 0 Å². The van der Waals surface area contributed by atoms with Gasteiger partial charge >= 0.3 is 5.97 Å². The number of methoxy groups -OCH3 is 1. The van der Waals surface area contributed by atoms with Crippen LogP contribution in [0.5, 0.6) is 5.75 Å². The zero-order chi connectivity index (χ0) is 13.1. The predicted molar refractivity (Wildman–Crippen MR) is 67.8 cm³/mol. The fourth-order valence-corrected chi connectivity index (χ4v) is 1.48. The van der Waals surface area contributed by atoms with Crippen molar-refractivity contribution in [2.75, 3.05) is 19.0 Å². The summed E-state index contributed by atoms with van der Waals surface area (Å²) in [4.78, 5) is 10.6. The number of carboxylic acids is 1. The predicted octanol–water partition coefficient (Wildman–Crippen LogP) is 2.49. The Kier molecular flexibility index (Phi) is 3.99. The highest BCUT2D eigenvalue weighted by molar-refractivity contribution is 5.74. The lowest BCUT2D eigenvalue weighted by molar-refractivity contribution is -0.134. The van der Waals surface area contributed by atoms with E-state index in [0.29, 0.717) is 11.4 Å². The Morgan fingerprint density at radius 1 is 1.41 bits per heavy atom. The second-order valence-corrected chi connectivity index (χ2v) is 4.91. The van der Waals surface area contributed by atoms with Crippen molar-refractivity contribution in [3.05, 3.63) is 23.8 Å². The van der Waals surface area contributed by atoms with E-state index in [-0.39, 0.29) is 12.0 Å². The number of ether oxygens (including phenoxy) is 1. The SMILES string of the molecule is COc1ccc(C(C)(C)C)cc1NCC(=O)O. The number of hydrogen-bond donors (Lipinski definition) is 2. The van der Waals surface area contributed by atoms with Crippen molar-refractivity contribution in [2.45, 2.75) is 26.2 Å². The smallest absolute Gasteiger partial charge is 0.322 e. The molecule has 4 heteroatoms. The maximum absolute atomic E-state index is 10.6. The minimum atomic E-state index is -0.895. The minimum Gasteiger partial charge on any atom is -0.495 e. The maximum Gasteiger partial charge on any atom is 0.322 e. The molecule has 0 amide bonds. The molecule has 0 spiro atoms. The first-order valence-electron chi connectivity index (χ1n) is 5.49. The van der Waals surface area contributed by atoms with Crippen LogP contribution in [0.1, 0.15) is 26.3 Å². The summed E-state index contributed by atoms with van der Waals surface area (Å²) in [6.07, 6.45) is 0. The van der Waals surface area contributed by atoms with Crippen LogP contribution in [0.2, 0.25) is 0 Å². The van der Waals surface area contributed by atoms with Crippen molar-refractivity contribution < 1.29 is 14.6 Å². The molecule has 0 radical (unpaired) electrons. The Morgan fingerprint density at radius 3 is 2.53 bits per heavy atom. The number of rotatable bonds is 4. The molecule has 1 aromatic rings. The minimum absolute atomic E-state index is 0.0198. The fourth-order valence-electron chi connectivity index (χ4n) is 1.48. The zero-order valence-electron chi connectivity index (χ0n) is 10.7. The van der Waals surface area contributed by atoms with Crippen molar-refractivity contribution in [1.82, 2.24) is 0 Å². The first kappa shape index (κ1) is 13.4. The second-order valence-electron chi connectivity index (χ2n) is 4.91. The number of carboxylic acid groups (broad SMARTS) is 1. The molecule has 2 N–H and O–H groups in total. The highest BCUT2D eigenvalue weighted by atomic mass is 16.5. The zero-order valence-corrected chi connectivity index (χ0v) is 10.7. The number of hydrogen-bond acceptors (Lipinski definition) is 3. The lowest BCUT2D eigenvalue weighted by Crippen LogP contribution is -2.15. The van der Waals surface area contributed by atoms with Gasteiger partial charge in [0, 0.05) is 0 Å². The fraction of sp³-hybridized carbons (Fsp3) is 0.462. The van der Waals surface area contributed by atoms with E-state index in [9.17, 15) is 4.79 Å². The van der Waals surface area contributed by atoms with Gasteiger partial charge in [-0.2, -0.15) is 0 Å². The standard InChI is InChI=1S/C13H19NO3/c1-13(2,3)9-5-6-11(17-4)10(7-9)14-8-12(15)16/h5-7,14H,8H2,1-4H3,(H,15,16). The van der Waals surface area contributed by atoms with Crippen LogP contribution in [0.4, 0.5) is 5.69 Å². The molecule has 0 aliphatic heterocycles. The molecule has 94 valence electrons. The maximum atomic E-state index is 10.6. The number of aliphatic carboxylic acids is 1. The Morgan fingerprint density at radius 2 is 2.06 bits per heavy atom. The molecule has 0 unspecified atom stereocenters. The van der Waals surface area contributed by atoms with E-state index in [1.165, 1.54) is 0 Å². The van der Waals surface area contributed by atoms with Gasteiger partial charge in [0.05, 0.1) is 12.8 Å². The molecule has 0 aliphatic rings. The molecule has 17 heavy (non-hydrogen) atoms. The molecule has 0 atom stereocenters. The molecule has 1 rings (SSSR count). The van der Waals surface area contributed by atoms with Gasteiger partial charge in [-0.3, -0.25) is 4.79 Å². The van der Waals surface area contributed by atoms with Crippen molar-refractivity contribution in [3.63, 3.8) is 0 Å². The third-order valence-corrected chi connectivity index (χ3v) is 2.50. The van der Waals surface area contributed by atoms with Gasteiger partial charge in [0.1, 0.15) is 12.3 Å². The molecule has 0 saturated carbocycles. The van der Waals surface area contributed by atoms with E-state index in [2.05, 4.69) is 26.1 Å². The summed E-state index contributed by atoms with van der Waals surface area (Å²) in [5, 5.41) is 11.5. The summed E-state index contributed by atoms with van der Waals surface area (Å²) in [5.74, 6) is -0.243. The summed E-state index contributed by atoms with van der Waals surface area (Å²) >= 11 is 0. The lowest BCUT2D eigenvalue weighted by atomic mass is 9.87. The summed E-state index contributed by atoms with van der Waals surface area (Å²) in [6.45, 7) is 6.20. The Hall–Kier alpha value is -1.71. The van der Waals surface area contributed by atoms with Crippen molar-refractivity contribution >= 4 is 11.7 Å². The van der Waals surface area contributed by atoms with E-state index in [1.807, 2.05) is 18.2 Å².